The molecule has 0 N–H and O–H groups in total. The number of benzene rings is 1. The van der Waals surface area contributed by atoms with Gasteiger partial charge in [-0.15, -0.1) is 11.3 Å². The van der Waals surface area contributed by atoms with Crippen LogP contribution in [0.3, 0.4) is 0 Å². The van der Waals surface area contributed by atoms with E-state index in [0.717, 1.165) is 62.8 Å². The minimum atomic E-state index is 0.0776. The smallest absolute Gasteiger partial charge is 0.263 e. The lowest BCUT2D eigenvalue weighted by Gasteiger charge is -2.17. The zero-order chi connectivity index (χ0) is 22.2. The van der Waals surface area contributed by atoms with Gasteiger partial charge >= 0.3 is 0 Å². The molecule has 166 valence electrons. The number of aromatic nitrogens is 4. The van der Waals surface area contributed by atoms with Gasteiger partial charge < -0.3 is 9.26 Å². The summed E-state index contributed by atoms with van der Waals surface area (Å²) in [5.41, 5.74) is 1.95. The van der Waals surface area contributed by atoms with E-state index in [4.69, 9.17) is 14.2 Å². The van der Waals surface area contributed by atoms with Crippen LogP contribution in [0.2, 0.25) is 0 Å². The van der Waals surface area contributed by atoms with Gasteiger partial charge in [0.1, 0.15) is 10.6 Å². The van der Waals surface area contributed by atoms with Crippen molar-refractivity contribution in [3.63, 3.8) is 0 Å². The molecule has 1 saturated carbocycles. The lowest BCUT2D eigenvalue weighted by atomic mass is 10.2. The van der Waals surface area contributed by atoms with Crippen LogP contribution in [-0.2, 0) is 5.75 Å². The molecule has 0 atom stereocenters. The summed E-state index contributed by atoms with van der Waals surface area (Å²) < 4.78 is 12.7. The zero-order valence-corrected chi connectivity index (χ0v) is 19.9. The maximum atomic E-state index is 13.5. The van der Waals surface area contributed by atoms with Crippen molar-refractivity contribution in [3.8, 4) is 17.1 Å². The first-order valence-corrected chi connectivity index (χ1v) is 12.5. The molecule has 3 aromatic heterocycles. The summed E-state index contributed by atoms with van der Waals surface area (Å²) >= 11 is 3.07. The van der Waals surface area contributed by atoms with E-state index in [0.29, 0.717) is 17.5 Å². The molecule has 0 bridgehead atoms. The molecule has 7 nitrogen and oxygen atoms in total. The lowest BCUT2D eigenvalue weighted by molar-refractivity contribution is 0.391. The Kier molecular flexibility index (Phi) is 5.77. The molecule has 0 spiro atoms. The van der Waals surface area contributed by atoms with Crippen molar-refractivity contribution in [2.24, 2.45) is 0 Å². The minimum Gasteiger partial charge on any atom is -0.497 e. The Labute approximate surface area is 193 Å². The first-order chi connectivity index (χ1) is 15.5. The van der Waals surface area contributed by atoms with E-state index in [9.17, 15) is 4.79 Å². The number of hydrogen-bond acceptors (Lipinski definition) is 8. The van der Waals surface area contributed by atoms with E-state index >= 15 is 0 Å². The number of ether oxygens (including phenoxy) is 1. The molecule has 9 heteroatoms. The van der Waals surface area contributed by atoms with Gasteiger partial charge in [-0.25, -0.2) is 4.98 Å². The topological polar surface area (TPSA) is 83.0 Å². The van der Waals surface area contributed by atoms with Gasteiger partial charge in [-0.2, -0.15) is 4.98 Å². The van der Waals surface area contributed by atoms with Gasteiger partial charge in [0.2, 0.25) is 11.7 Å². The summed E-state index contributed by atoms with van der Waals surface area (Å²) in [4.78, 5) is 24.9. The van der Waals surface area contributed by atoms with Crippen molar-refractivity contribution in [2.45, 2.75) is 56.5 Å². The maximum absolute atomic E-state index is 13.5. The van der Waals surface area contributed by atoms with Crippen LogP contribution >= 0.6 is 23.1 Å². The second-order valence-electron chi connectivity index (χ2n) is 8.00. The number of thioether (sulfide) groups is 1. The highest BCUT2D eigenvalue weighted by Crippen LogP contribution is 2.35. The van der Waals surface area contributed by atoms with Crippen LogP contribution in [-0.4, -0.2) is 26.8 Å². The monoisotopic (exact) mass is 468 g/mol. The summed E-state index contributed by atoms with van der Waals surface area (Å²) in [6, 6.07) is 7.76. The van der Waals surface area contributed by atoms with E-state index in [2.05, 4.69) is 10.1 Å². The van der Waals surface area contributed by atoms with Crippen LogP contribution in [0.4, 0.5) is 0 Å². The third kappa shape index (κ3) is 3.84. The molecule has 0 radical (unpaired) electrons. The molecule has 4 aromatic rings. The number of nitrogens with zero attached hydrogens (tertiary/aromatic N) is 4. The van der Waals surface area contributed by atoms with E-state index < -0.39 is 0 Å². The van der Waals surface area contributed by atoms with Gasteiger partial charge in [-0.1, -0.05) is 41.9 Å². The number of rotatable bonds is 6. The Morgan fingerprint density at radius 3 is 2.84 bits per heavy atom. The Balaban J connectivity index is 1.46. The van der Waals surface area contributed by atoms with Crippen LogP contribution in [0.1, 0.15) is 48.1 Å². The molecule has 0 saturated heterocycles. The molecule has 5 rings (SSSR count). The summed E-state index contributed by atoms with van der Waals surface area (Å²) in [7, 11) is 1.63. The summed E-state index contributed by atoms with van der Waals surface area (Å²) in [5.74, 6) is 2.20. The summed E-state index contributed by atoms with van der Waals surface area (Å²) in [5, 5.41) is 5.61. The quantitative estimate of drug-likeness (QED) is 0.271. The molecular formula is C23H24N4O3S2. The van der Waals surface area contributed by atoms with Crippen molar-refractivity contribution < 1.29 is 9.26 Å². The average molecular weight is 469 g/mol. The summed E-state index contributed by atoms with van der Waals surface area (Å²) in [6.07, 6.45) is 4.33. The molecule has 0 aliphatic heterocycles. The Bertz CT molecular complexity index is 1340. The Morgan fingerprint density at radius 2 is 2.06 bits per heavy atom. The SMILES string of the molecule is COc1cccc(-c2noc(CSc3nc4sc(C)c(C)c4c(=O)n3C3CCCC3)n2)c1. The molecule has 0 unspecified atom stereocenters. The van der Waals surface area contributed by atoms with Gasteiger partial charge in [0.25, 0.3) is 5.56 Å². The summed E-state index contributed by atoms with van der Waals surface area (Å²) in [6.45, 7) is 4.06. The largest absolute Gasteiger partial charge is 0.497 e. The molecule has 1 aromatic carbocycles. The third-order valence-electron chi connectivity index (χ3n) is 6.01. The second-order valence-corrected chi connectivity index (χ2v) is 10.1. The highest BCUT2D eigenvalue weighted by molar-refractivity contribution is 7.98. The first-order valence-electron chi connectivity index (χ1n) is 10.7. The number of hydrogen-bond donors (Lipinski definition) is 0. The normalized spacial score (nSPS) is 14.5. The molecule has 3 heterocycles. The lowest BCUT2D eigenvalue weighted by Crippen LogP contribution is -2.26. The van der Waals surface area contributed by atoms with Crippen LogP contribution in [0.5, 0.6) is 5.75 Å². The molecule has 1 aliphatic rings. The molecule has 1 aliphatic carbocycles. The van der Waals surface area contributed by atoms with Gasteiger partial charge in [0.05, 0.1) is 18.2 Å². The van der Waals surface area contributed by atoms with Crippen molar-refractivity contribution in [1.29, 1.82) is 0 Å². The van der Waals surface area contributed by atoms with Gasteiger partial charge in [0, 0.05) is 16.5 Å². The van der Waals surface area contributed by atoms with E-state index in [1.165, 1.54) is 11.8 Å². The van der Waals surface area contributed by atoms with Crippen molar-refractivity contribution >= 4 is 33.3 Å². The third-order valence-corrected chi connectivity index (χ3v) is 8.05. The van der Waals surface area contributed by atoms with E-state index in [-0.39, 0.29) is 11.6 Å². The van der Waals surface area contributed by atoms with Crippen molar-refractivity contribution in [3.05, 3.63) is 51.0 Å². The number of fused-ring (bicyclic) bond motifs is 1. The molecule has 1 fully saturated rings. The van der Waals surface area contributed by atoms with E-state index in [1.807, 2.05) is 42.7 Å². The number of thiophene rings is 1. The molecular weight excluding hydrogens is 444 g/mol. The van der Waals surface area contributed by atoms with Gasteiger partial charge in [-0.05, 0) is 44.4 Å². The average Bonchev–Trinajstić information content (AvgIpc) is 3.54. The van der Waals surface area contributed by atoms with Crippen LogP contribution < -0.4 is 10.3 Å². The Morgan fingerprint density at radius 1 is 1.25 bits per heavy atom. The molecule has 0 amide bonds. The number of aryl methyl sites for hydroxylation is 2. The van der Waals surface area contributed by atoms with E-state index in [1.54, 1.807) is 18.4 Å². The predicted molar refractivity (Wildman–Crippen MR) is 127 cm³/mol. The fourth-order valence-electron chi connectivity index (χ4n) is 4.19. The standard InChI is InChI=1S/C23H24N4O3S2/c1-13-14(2)32-21-19(13)22(28)27(16-8-4-5-9-16)23(25-21)31-12-18-24-20(26-30-18)15-7-6-10-17(11-15)29-3/h6-7,10-11,16H,4-5,8-9,12H2,1-3H3. The van der Waals surface area contributed by atoms with Crippen molar-refractivity contribution in [2.75, 3.05) is 7.11 Å². The number of methoxy groups -OCH3 is 1. The van der Waals surface area contributed by atoms with Crippen LogP contribution in [0.25, 0.3) is 21.6 Å². The highest BCUT2D eigenvalue weighted by Gasteiger charge is 2.25. The van der Waals surface area contributed by atoms with Crippen LogP contribution in [0.15, 0.2) is 38.7 Å². The molecule has 32 heavy (non-hydrogen) atoms. The fourth-order valence-corrected chi connectivity index (χ4v) is 6.17. The second kappa shape index (κ2) is 8.71. The highest BCUT2D eigenvalue weighted by atomic mass is 32.2. The minimum absolute atomic E-state index is 0.0776. The zero-order valence-electron chi connectivity index (χ0n) is 18.3. The van der Waals surface area contributed by atoms with Gasteiger partial charge in [-0.3, -0.25) is 9.36 Å². The predicted octanol–water partition coefficient (Wildman–Crippen LogP) is 5.54. The fraction of sp³-hybridized carbons (Fsp3) is 0.391. The van der Waals surface area contributed by atoms with Crippen molar-refractivity contribution in [1.82, 2.24) is 19.7 Å². The Hall–Kier alpha value is -2.65. The maximum Gasteiger partial charge on any atom is 0.263 e. The van der Waals surface area contributed by atoms with Gasteiger partial charge in [0.15, 0.2) is 5.16 Å². The van der Waals surface area contributed by atoms with Crippen LogP contribution in [0, 0.1) is 13.8 Å². The first kappa shape index (κ1) is 21.2.